The van der Waals surface area contributed by atoms with Crippen molar-refractivity contribution in [3.05, 3.63) is 42.0 Å². The minimum atomic E-state index is -0.977. The molecule has 1 aromatic rings. The monoisotopic (exact) mass is 656 g/mol. The van der Waals surface area contributed by atoms with E-state index in [0.717, 1.165) is 16.7 Å². The smallest absolute Gasteiger partial charge is 0.312 e. The van der Waals surface area contributed by atoms with Gasteiger partial charge in [-0.05, 0) is 49.3 Å². The molecule has 6 N–H and O–H groups in total. The second-order valence-electron chi connectivity index (χ2n) is 12.5. The van der Waals surface area contributed by atoms with Crippen LogP contribution in [0.2, 0.25) is 0 Å². The van der Waals surface area contributed by atoms with Crippen molar-refractivity contribution in [1.82, 2.24) is 20.9 Å². The maximum atomic E-state index is 13.3. The minimum absolute atomic E-state index is 0.148. The van der Waals surface area contributed by atoms with E-state index in [4.69, 9.17) is 10.5 Å². The molecule has 47 heavy (non-hydrogen) atoms. The summed E-state index contributed by atoms with van der Waals surface area (Å²) < 4.78 is 5.62. The highest BCUT2D eigenvalue weighted by molar-refractivity contribution is 6.12. The zero-order chi connectivity index (χ0) is 35.0. The van der Waals surface area contributed by atoms with Crippen molar-refractivity contribution in [2.24, 2.45) is 17.1 Å². The van der Waals surface area contributed by atoms with Crippen LogP contribution in [0.5, 0.6) is 0 Å². The molecule has 258 valence electrons. The quantitative estimate of drug-likeness (QED) is 0.0749. The van der Waals surface area contributed by atoms with E-state index in [0.29, 0.717) is 31.4 Å². The Morgan fingerprint density at radius 1 is 0.936 bits per heavy atom. The van der Waals surface area contributed by atoms with Crippen molar-refractivity contribution in [2.45, 2.75) is 84.9 Å². The third-order valence-corrected chi connectivity index (χ3v) is 7.34. The lowest BCUT2D eigenvalue weighted by Crippen LogP contribution is -2.54. The van der Waals surface area contributed by atoms with Crippen molar-refractivity contribution >= 4 is 47.5 Å². The number of unbranched alkanes of at least 4 members (excludes halogenated alkanes) is 2. The molecule has 14 nitrogen and oxygen atoms in total. The summed E-state index contributed by atoms with van der Waals surface area (Å²) in [6, 6.07) is 4.37. The Hall–Kier alpha value is -4.59. The largest absolute Gasteiger partial charge is 0.376 e. The molecule has 1 aliphatic heterocycles. The molecule has 2 rings (SSSR count). The summed E-state index contributed by atoms with van der Waals surface area (Å²) in [7, 11) is 0. The molecule has 0 spiro atoms. The van der Waals surface area contributed by atoms with Gasteiger partial charge in [-0.25, -0.2) is 4.79 Å². The first-order chi connectivity index (χ1) is 22.2. The van der Waals surface area contributed by atoms with Crippen LogP contribution >= 0.6 is 0 Å². The highest BCUT2D eigenvalue weighted by Crippen LogP contribution is 2.16. The average molecular weight is 657 g/mol. The molecule has 0 fully saturated rings. The predicted molar refractivity (Wildman–Crippen MR) is 174 cm³/mol. The van der Waals surface area contributed by atoms with E-state index in [1.165, 1.54) is 12.2 Å². The molecule has 0 radical (unpaired) electrons. The summed E-state index contributed by atoms with van der Waals surface area (Å²) >= 11 is 0. The molecule has 7 amide bonds. The summed E-state index contributed by atoms with van der Waals surface area (Å²) in [6.45, 7) is 8.15. The molecule has 2 unspecified atom stereocenters. The summed E-state index contributed by atoms with van der Waals surface area (Å²) in [6.07, 6.45) is 5.65. The molecule has 1 heterocycles. The Kier molecular flexibility index (Phi) is 15.7. The maximum Gasteiger partial charge on any atom is 0.312 e. The molecule has 1 aliphatic rings. The van der Waals surface area contributed by atoms with Gasteiger partial charge in [-0.3, -0.25) is 28.9 Å². The highest BCUT2D eigenvalue weighted by Gasteiger charge is 2.29. The number of nitrogens with two attached hydrogens (primary N) is 1. The van der Waals surface area contributed by atoms with Crippen molar-refractivity contribution in [3.63, 3.8) is 0 Å². The summed E-state index contributed by atoms with van der Waals surface area (Å²) in [5, 5.41) is 10.8. The molecule has 0 aromatic heterocycles. The van der Waals surface area contributed by atoms with Crippen LogP contribution in [-0.2, 0) is 40.1 Å². The number of hydrogen-bond acceptors (Lipinski definition) is 8. The summed E-state index contributed by atoms with van der Waals surface area (Å²) in [5.41, 5.74) is 5.89. The van der Waals surface area contributed by atoms with E-state index >= 15 is 0 Å². The van der Waals surface area contributed by atoms with Crippen LogP contribution in [0, 0.1) is 11.3 Å². The Morgan fingerprint density at radius 2 is 1.60 bits per heavy atom. The van der Waals surface area contributed by atoms with Gasteiger partial charge in [-0.15, -0.1) is 0 Å². The van der Waals surface area contributed by atoms with Crippen LogP contribution in [-0.4, -0.2) is 78.5 Å². The molecule has 0 bridgehead atoms. The van der Waals surface area contributed by atoms with E-state index in [1.807, 2.05) is 0 Å². The molecular formula is C33H48N6O8. The van der Waals surface area contributed by atoms with Crippen LogP contribution < -0.4 is 27.0 Å². The number of imide groups is 1. The fourth-order valence-electron chi connectivity index (χ4n) is 4.59. The number of aldehydes is 1. The van der Waals surface area contributed by atoms with Gasteiger partial charge >= 0.3 is 6.03 Å². The predicted octanol–water partition coefficient (Wildman–Crippen LogP) is 1.93. The number of rotatable bonds is 21. The van der Waals surface area contributed by atoms with Crippen molar-refractivity contribution < 1.29 is 38.3 Å². The first-order valence-corrected chi connectivity index (χ1v) is 15.8. The third-order valence-electron chi connectivity index (χ3n) is 7.34. The van der Waals surface area contributed by atoms with E-state index in [9.17, 15) is 33.6 Å². The second kappa shape index (κ2) is 19.2. The number of amides is 7. The lowest BCUT2D eigenvalue weighted by atomic mass is 9.98. The molecule has 0 aliphatic carbocycles. The van der Waals surface area contributed by atoms with Crippen molar-refractivity contribution in [3.8, 4) is 0 Å². The number of carbonyl (C=O) groups excluding carboxylic acids is 7. The van der Waals surface area contributed by atoms with Gasteiger partial charge in [-0.1, -0.05) is 46.2 Å². The maximum absolute atomic E-state index is 13.3. The van der Waals surface area contributed by atoms with Gasteiger partial charge in [0.15, 0.2) is 0 Å². The van der Waals surface area contributed by atoms with Crippen LogP contribution in [0.3, 0.4) is 0 Å². The van der Waals surface area contributed by atoms with E-state index < -0.39 is 35.3 Å². The number of ether oxygens (including phenoxy) is 1. The van der Waals surface area contributed by atoms with Crippen LogP contribution in [0.4, 0.5) is 10.5 Å². The third kappa shape index (κ3) is 14.2. The number of nitrogens with zero attached hydrogens (tertiary/aromatic N) is 1. The van der Waals surface area contributed by atoms with Crippen LogP contribution in [0.15, 0.2) is 36.4 Å². The normalized spacial score (nSPS) is 14.1. The highest BCUT2D eigenvalue weighted by atomic mass is 16.5. The van der Waals surface area contributed by atoms with E-state index in [2.05, 4.69) is 21.3 Å². The SMILES string of the molecule is CC(C)C(NC(=O)CCCCCN1C(=O)C=CC1=O)C(=O)NC(CCCNC(N)=O)C(=O)Nc1ccc(COCC(C)(C)C=O)cc1. The molecule has 0 saturated carbocycles. The number of anilines is 1. The Balaban J connectivity index is 1.94. The lowest BCUT2D eigenvalue weighted by Gasteiger charge is -2.25. The fraction of sp³-hybridized carbons (Fsp3) is 0.545. The zero-order valence-corrected chi connectivity index (χ0v) is 27.6. The average Bonchev–Trinajstić information content (AvgIpc) is 3.33. The van der Waals surface area contributed by atoms with Crippen molar-refractivity contribution in [2.75, 3.05) is 25.0 Å². The van der Waals surface area contributed by atoms with Gasteiger partial charge in [0, 0.05) is 42.8 Å². The molecule has 0 saturated heterocycles. The van der Waals surface area contributed by atoms with Gasteiger partial charge < -0.3 is 36.5 Å². The van der Waals surface area contributed by atoms with Gasteiger partial charge in [0.05, 0.1) is 13.2 Å². The number of carbonyl (C=O) groups is 7. The van der Waals surface area contributed by atoms with Gasteiger partial charge in [-0.2, -0.15) is 0 Å². The number of primary amides is 1. The lowest BCUT2D eigenvalue weighted by molar-refractivity contribution is -0.137. The fourth-order valence-corrected chi connectivity index (χ4v) is 4.59. The topological polar surface area (TPSA) is 206 Å². The molecule has 2 atom stereocenters. The minimum Gasteiger partial charge on any atom is -0.376 e. The first kappa shape index (κ1) is 38.6. The Labute approximate surface area is 275 Å². The van der Waals surface area contributed by atoms with Gasteiger partial charge in [0.2, 0.25) is 17.7 Å². The number of urea groups is 1. The summed E-state index contributed by atoms with van der Waals surface area (Å²) in [5.74, 6) is -2.31. The molecular weight excluding hydrogens is 608 g/mol. The Bertz CT molecular complexity index is 1280. The first-order valence-electron chi connectivity index (χ1n) is 15.8. The number of nitrogens with one attached hydrogen (secondary N) is 4. The zero-order valence-electron chi connectivity index (χ0n) is 27.6. The standard InChI is InChI=1S/C33H48N6O8/c1-22(2)29(38-26(41)10-6-5-7-18-39-27(42)15-16-28(39)43)31(45)37-25(9-8-17-35-32(34)46)30(44)36-24-13-11-23(12-14-24)19-47-21-33(3,4)20-40/h11-16,20,22,25,29H,5-10,17-19,21H2,1-4H3,(H,36,44)(H,37,45)(H,38,41)(H3,34,35,46). The second-order valence-corrected chi connectivity index (χ2v) is 12.5. The van der Waals surface area contributed by atoms with Gasteiger partial charge in [0.1, 0.15) is 18.4 Å². The summed E-state index contributed by atoms with van der Waals surface area (Å²) in [4.78, 5) is 86.0. The Morgan fingerprint density at radius 3 is 2.19 bits per heavy atom. The van der Waals surface area contributed by atoms with Crippen molar-refractivity contribution in [1.29, 1.82) is 0 Å². The molecule has 1 aromatic carbocycles. The number of hydrogen-bond donors (Lipinski definition) is 5. The van der Waals surface area contributed by atoms with E-state index in [1.54, 1.807) is 52.0 Å². The number of benzene rings is 1. The van der Waals surface area contributed by atoms with Crippen LogP contribution in [0.1, 0.15) is 71.8 Å². The van der Waals surface area contributed by atoms with Gasteiger partial charge in [0.25, 0.3) is 11.8 Å². The van der Waals surface area contributed by atoms with E-state index in [-0.39, 0.29) is 62.8 Å². The van der Waals surface area contributed by atoms with Crippen LogP contribution in [0.25, 0.3) is 0 Å². The molecule has 14 heteroatoms.